The first-order valence-electron chi connectivity index (χ1n) is 7.88. The number of hydrogen-bond acceptors (Lipinski definition) is 4. The highest BCUT2D eigenvalue weighted by Gasteiger charge is 2.24. The first-order chi connectivity index (χ1) is 11.5. The summed E-state index contributed by atoms with van der Waals surface area (Å²) in [6.07, 6.45) is 6.04. The first-order valence-corrected chi connectivity index (χ1v) is 7.88. The van der Waals surface area contributed by atoms with Gasteiger partial charge in [-0.3, -0.25) is 4.98 Å². The second-order valence-corrected chi connectivity index (χ2v) is 6.47. The molecule has 0 aliphatic carbocycles. The van der Waals surface area contributed by atoms with E-state index in [0.717, 1.165) is 33.0 Å². The number of aromatic nitrogens is 1. The highest BCUT2D eigenvalue weighted by Crippen LogP contribution is 2.42. The lowest BCUT2D eigenvalue weighted by Crippen LogP contribution is -2.27. The molecule has 0 bridgehead atoms. The fourth-order valence-corrected chi connectivity index (χ4v) is 3.14. The van der Waals surface area contributed by atoms with Gasteiger partial charge in [0, 0.05) is 22.5 Å². The van der Waals surface area contributed by atoms with Crippen molar-refractivity contribution < 1.29 is 14.2 Å². The predicted molar refractivity (Wildman–Crippen MR) is 96.1 cm³/mol. The molecule has 0 saturated heterocycles. The van der Waals surface area contributed by atoms with Crippen molar-refractivity contribution in [3.63, 3.8) is 0 Å². The summed E-state index contributed by atoms with van der Waals surface area (Å²) < 4.78 is 17.2. The third kappa shape index (κ3) is 2.18. The van der Waals surface area contributed by atoms with Gasteiger partial charge in [0.2, 0.25) is 0 Å². The monoisotopic (exact) mass is 321 g/mol. The molecule has 0 unspecified atom stereocenters. The maximum atomic E-state index is 6.27. The van der Waals surface area contributed by atoms with Crippen molar-refractivity contribution in [1.82, 2.24) is 4.98 Å². The van der Waals surface area contributed by atoms with Gasteiger partial charge in [-0.05, 0) is 44.2 Å². The van der Waals surface area contributed by atoms with Crippen molar-refractivity contribution in [1.29, 1.82) is 0 Å². The number of hydrogen-bond donors (Lipinski definition) is 0. The Kier molecular flexibility index (Phi) is 3.17. The molecule has 1 aliphatic heterocycles. The van der Waals surface area contributed by atoms with Crippen molar-refractivity contribution in [2.45, 2.75) is 19.4 Å². The number of nitrogens with zero attached hydrogens (tertiary/aromatic N) is 1. The van der Waals surface area contributed by atoms with Crippen molar-refractivity contribution >= 4 is 27.8 Å². The van der Waals surface area contributed by atoms with Gasteiger partial charge in [-0.2, -0.15) is 0 Å². The second-order valence-electron chi connectivity index (χ2n) is 6.47. The van der Waals surface area contributed by atoms with E-state index in [4.69, 9.17) is 14.2 Å². The minimum atomic E-state index is -0.347. The van der Waals surface area contributed by atoms with E-state index in [0.29, 0.717) is 11.5 Å². The van der Waals surface area contributed by atoms with Crippen LogP contribution in [0.15, 0.2) is 36.5 Å². The van der Waals surface area contributed by atoms with Crippen LogP contribution in [-0.4, -0.2) is 24.8 Å². The van der Waals surface area contributed by atoms with E-state index in [9.17, 15) is 0 Å². The number of ether oxygens (including phenoxy) is 3. The van der Waals surface area contributed by atoms with Crippen molar-refractivity contribution in [2.75, 3.05) is 14.2 Å². The molecular formula is C20H19NO3. The Bertz CT molecular complexity index is 989. The average molecular weight is 321 g/mol. The molecule has 2 aromatic carbocycles. The minimum Gasteiger partial charge on any atom is -0.493 e. The zero-order valence-electron chi connectivity index (χ0n) is 14.2. The molecule has 4 nitrogen and oxygen atoms in total. The van der Waals surface area contributed by atoms with Crippen LogP contribution in [-0.2, 0) is 0 Å². The summed E-state index contributed by atoms with van der Waals surface area (Å²) in [5, 5.41) is 3.04. The molecule has 0 fully saturated rings. The van der Waals surface area contributed by atoms with Crippen LogP contribution >= 0.6 is 0 Å². The molecule has 2 heterocycles. The molecule has 0 amide bonds. The summed E-state index contributed by atoms with van der Waals surface area (Å²) >= 11 is 0. The van der Waals surface area contributed by atoms with Gasteiger partial charge in [0.25, 0.3) is 0 Å². The highest BCUT2D eigenvalue weighted by molar-refractivity contribution is 6.11. The summed E-state index contributed by atoms with van der Waals surface area (Å²) in [6, 6.07) is 8.01. The maximum absolute atomic E-state index is 6.27. The number of rotatable bonds is 2. The first kappa shape index (κ1) is 14.8. The topological polar surface area (TPSA) is 40.6 Å². The molecule has 1 aliphatic rings. The smallest absolute Gasteiger partial charge is 0.161 e. The molecule has 0 spiro atoms. The molecule has 0 N–H and O–H groups in total. The fourth-order valence-electron chi connectivity index (χ4n) is 3.14. The van der Waals surface area contributed by atoms with E-state index >= 15 is 0 Å². The Morgan fingerprint density at radius 2 is 1.79 bits per heavy atom. The Labute approximate surface area is 140 Å². The Morgan fingerprint density at radius 3 is 2.54 bits per heavy atom. The Balaban J connectivity index is 2.12. The Hall–Kier alpha value is -2.75. The lowest BCUT2D eigenvalue weighted by Gasteiger charge is -2.29. The lowest BCUT2D eigenvalue weighted by molar-refractivity contribution is 0.161. The molecule has 0 saturated carbocycles. The third-order valence-electron chi connectivity index (χ3n) is 4.36. The summed E-state index contributed by atoms with van der Waals surface area (Å²) in [5.74, 6) is 2.25. The molecule has 122 valence electrons. The largest absolute Gasteiger partial charge is 0.493 e. The van der Waals surface area contributed by atoms with Crippen LogP contribution in [0.3, 0.4) is 0 Å². The number of fused-ring (bicyclic) bond motifs is 5. The van der Waals surface area contributed by atoms with Crippen molar-refractivity contribution in [3.05, 3.63) is 42.1 Å². The lowest BCUT2D eigenvalue weighted by atomic mass is 9.97. The molecule has 0 radical (unpaired) electrons. The van der Waals surface area contributed by atoms with E-state index in [1.807, 2.05) is 44.3 Å². The van der Waals surface area contributed by atoms with Gasteiger partial charge >= 0.3 is 0 Å². The zero-order chi connectivity index (χ0) is 16.9. The molecule has 1 aromatic heterocycles. The number of methoxy groups -OCH3 is 2. The summed E-state index contributed by atoms with van der Waals surface area (Å²) in [4.78, 5) is 4.60. The summed E-state index contributed by atoms with van der Waals surface area (Å²) in [7, 11) is 3.28. The van der Waals surface area contributed by atoms with Gasteiger partial charge in [-0.15, -0.1) is 0 Å². The second kappa shape index (κ2) is 5.13. The maximum Gasteiger partial charge on any atom is 0.161 e. The molecule has 4 heteroatoms. The predicted octanol–water partition coefficient (Wildman–Crippen LogP) is 4.59. The molecule has 0 atom stereocenters. The van der Waals surface area contributed by atoms with Gasteiger partial charge in [-0.25, -0.2) is 0 Å². The summed E-state index contributed by atoms with van der Waals surface area (Å²) in [6.45, 7) is 4.10. The van der Waals surface area contributed by atoms with Crippen LogP contribution in [0.25, 0.3) is 27.8 Å². The van der Waals surface area contributed by atoms with E-state index in [1.54, 1.807) is 14.2 Å². The van der Waals surface area contributed by atoms with Crippen LogP contribution in [0.1, 0.15) is 19.4 Å². The fraction of sp³-hybridized carbons (Fsp3) is 0.250. The quantitative estimate of drug-likeness (QED) is 0.647. The zero-order valence-corrected chi connectivity index (χ0v) is 14.2. The van der Waals surface area contributed by atoms with Gasteiger partial charge in [-0.1, -0.05) is 6.08 Å². The van der Waals surface area contributed by atoms with E-state index in [-0.39, 0.29) is 5.60 Å². The van der Waals surface area contributed by atoms with Crippen LogP contribution in [0.5, 0.6) is 17.2 Å². The van der Waals surface area contributed by atoms with Crippen LogP contribution < -0.4 is 14.2 Å². The molecular weight excluding hydrogens is 302 g/mol. The van der Waals surface area contributed by atoms with Crippen LogP contribution in [0.2, 0.25) is 0 Å². The van der Waals surface area contributed by atoms with E-state index < -0.39 is 0 Å². The third-order valence-corrected chi connectivity index (χ3v) is 4.36. The minimum absolute atomic E-state index is 0.347. The Morgan fingerprint density at radius 1 is 1.04 bits per heavy atom. The van der Waals surface area contributed by atoms with Crippen LogP contribution in [0.4, 0.5) is 0 Å². The number of benzene rings is 2. The van der Waals surface area contributed by atoms with Gasteiger partial charge < -0.3 is 14.2 Å². The standard InChI is InChI=1S/C20H19NO3/c1-20(2)8-7-12-5-6-15-18(19(12)24-20)14-10-17(23-4)16(22-3)9-13(14)11-21-15/h5-11H,1-4H3. The molecule has 3 aromatic rings. The van der Waals surface area contributed by atoms with Crippen LogP contribution in [0, 0.1) is 0 Å². The normalized spacial score (nSPS) is 15.2. The van der Waals surface area contributed by atoms with Crippen molar-refractivity contribution in [2.24, 2.45) is 0 Å². The number of pyridine rings is 1. The van der Waals surface area contributed by atoms with Crippen molar-refractivity contribution in [3.8, 4) is 17.2 Å². The average Bonchev–Trinajstić information content (AvgIpc) is 2.58. The van der Waals surface area contributed by atoms with E-state index in [2.05, 4.69) is 17.1 Å². The highest BCUT2D eigenvalue weighted by atomic mass is 16.5. The van der Waals surface area contributed by atoms with Gasteiger partial charge in [0.1, 0.15) is 11.4 Å². The van der Waals surface area contributed by atoms with Gasteiger partial charge in [0.15, 0.2) is 11.5 Å². The summed E-state index contributed by atoms with van der Waals surface area (Å²) in [5.41, 5.74) is 1.62. The van der Waals surface area contributed by atoms with Gasteiger partial charge in [0.05, 0.1) is 25.1 Å². The SMILES string of the molecule is COc1cc2cnc3ccc4c(c3c2cc1OC)OC(C)(C)C=C4. The molecule has 4 rings (SSSR count). The van der Waals surface area contributed by atoms with E-state index in [1.165, 1.54) is 0 Å². The molecule has 24 heavy (non-hydrogen) atoms.